The molecule has 0 atom stereocenters. The summed E-state index contributed by atoms with van der Waals surface area (Å²) in [7, 11) is 0. The first-order chi connectivity index (χ1) is 9.99. The number of hydrogen-bond donors (Lipinski definition) is 3. The van der Waals surface area contributed by atoms with E-state index in [4.69, 9.17) is 10.6 Å². The highest BCUT2D eigenvalue weighted by atomic mass is 19.4. The number of nitrogens with two attached hydrogens (primary N) is 1. The van der Waals surface area contributed by atoms with Crippen molar-refractivity contribution in [2.24, 2.45) is 5.84 Å². The van der Waals surface area contributed by atoms with E-state index in [-0.39, 0.29) is 17.9 Å². The quantitative estimate of drug-likeness (QED) is 0.424. The van der Waals surface area contributed by atoms with Gasteiger partial charge >= 0.3 is 6.18 Å². The van der Waals surface area contributed by atoms with Crippen LogP contribution in [0.3, 0.4) is 0 Å². The summed E-state index contributed by atoms with van der Waals surface area (Å²) < 4.78 is 43.6. The van der Waals surface area contributed by atoms with Crippen LogP contribution in [0.15, 0.2) is 6.07 Å². The normalized spacial score (nSPS) is 16.2. The number of anilines is 2. The zero-order valence-electron chi connectivity index (χ0n) is 11.4. The number of nitrogens with one attached hydrogen (secondary N) is 2. The van der Waals surface area contributed by atoms with Crippen molar-refractivity contribution in [2.45, 2.75) is 38.0 Å². The molecule has 0 saturated heterocycles. The smallest absolute Gasteiger partial charge is 0.376 e. The minimum absolute atomic E-state index is 0.0558. The second kappa shape index (κ2) is 6.90. The van der Waals surface area contributed by atoms with Gasteiger partial charge in [-0.15, -0.1) is 0 Å². The highest BCUT2D eigenvalue weighted by Crippen LogP contribution is 2.29. The molecule has 118 valence electrons. The lowest BCUT2D eigenvalue weighted by atomic mass is 10.3. The van der Waals surface area contributed by atoms with Crippen molar-refractivity contribution in [1.29, 1.82) is 0 Å². The van der Waals surface area contributed by atoms with Crippen LogP contribution in [0.2, 0.25) is 0 Å². The molecular weight excluding hydrogens is 287 g/mol. The number of hydrazine groups is 1. The van der Waals surface area contributed by atoms with Crippen LogP contribution in [0.25, 0.3) is 0 Å². The van der Waals surface area contributed by atoms with Gasteiger partial charge in [0.05, 0.1) is 12.7 Å². The summed E-state index contributed by atoms with van der Waals surface area (Å²) in [5.74, 6) is 4.84. The van der Waals surface area contributed by atoms with Crippen LogP contribution in [0.1, 0.15) is 31.4 Å². The van der Waals surface area contributed by atoms with Crippen LogP contribution >= 0.6 is 0 Å². The summed E-state index contributed by atoms with van der Waals surface area (Å²) in [6, 6.07) is 0.844. The number of alkyl halides is 3. The van der Waals surface area contributed by atoms with E-state index in [0.29, 0.717) is 13.2 Å². The Hall–Kier alpha value is -1.61. The van der Waals surface area contributed by atoms with E-state index in [9.17, 15) is 13.2 Å². The molecule has 1 heterocycles. The van der Waals surface area contributed by atoms with E-state index >= 15 is 0 Å². The van der Waals surface area contributed by atoms with Crippen molar-refractivity contribution in [3.05, 3.63) is 11.8 Å². The first-order valence-corrected chi connectivity index (χ1v) is 6.77. The maximum absolute atomic E-state index is 12.7. The number of aromatic nitrogens is 2. The third-order valence-electron chi connectivity index (χ3n) is 3.21. The largest absolute Gasteiger partial charge is 0.433 e. The maximum Gasteiger partial charge on any atom is 0.433 e. The molecule has 1 aromatic rings. The molecular formula is C12H18F3N5O. The number of nitrogens with zero attached hydrogens (tertiary/aromatic N) is 2. The summed E-state index contributed by atoms with van der Waals surface area (Å²) in [5.41, 5.74) is 0.970. The number of ether oxygens (including phenoxy) is 1. The van der Waals surface area contributed by atoms with Gasteiger partial charge in [-0.3, -0.25) is 5.43 Å². The highest BCUT2D eigenvalue weighted by molar-refractivity contribution is 5.42. The van der Waals surface area contributed by atoms with Crippen LogP contribution < -0.4 is 16.6 Å². The van der Waals surface area contributed by atoms with Crippen molar-refractivity contribution in [3.8, 4) is 0 Å². The zero-order chi connectivity index (χ0) is 15.3. The summed E-state index contributed by atoms with van der Waals surface area (Å²) in [6.07, 6.45) is 0.157. The molecule has 0 bridgehead atoms. The third-order valence-corrected chi connectivity index (χ3v) is 3.21. The molecule has 1 aromatic heterocycles. The molecule has 6 nitrogen and oxygen atoms in total. The van der Waals surface area contributed by atoms with E-state index < -0.39 is 11.9 Å². The molecule has 1 fully saturated rings. The van der Waals surface area contributed by atoms with Gasteiger partial charge in [-0.25, -0.2) is 10.8 Å². The Labute approximate surface area is 120 Å². The third kappa shape index (κ3) is 4.71. The zero-order valence-corrected chi connectivity index (χ0v) is 11.4. The van der Waals surface area contributed by atoms with E-state index in [1.807, 2.05) is 5.43 Å². The van der Waals surface area contributed by atoms with Gasteiger partial charge in [-0.2, -0.15) is 18.2 Å². The second-order valence-electron chi connectivity index (χ2n) is 4.81. The van der Waals surface area contributed by atoms with Crippen LogP contribution in [0.4, 0.5) is 24.9 Å². The fraction of sp³-hybridized carbons (Fsp3) is 0.667. The van der Waals surface area contributed by atoms with E-state index in [1.54, 1.807) is 0 Å². The predicted molar refractivity (Wildman–Crippen MR) is 71.5 cm³/mol. The molecule has 1 aliphatic carbocycles. The van der Waals surface area contributed by atoms with E-state index in [0.717, 1.165) is 18.9 Å². The molecule has 0 unspecified atom stereocenters. The fourth-order valence-electron chi connectivity index (χ4n) is 2.21. The average molecular weight is 305 g/mol. The lowest BCUT2D eigenvalue weighted by molar-refractivity contribution is -0.141. The molecule has 1 saturated carbocycles. The van der Waals surface area contributed by atoms with E-state index in [2.05, 4.69) is 15.3 Å². The Kier molecular flexibility index (Phi) is 5.18. The van der Waals surface area contributed by atoms with Gasteiger partial charge in [0, 0.05) is 12.6 Å². The van der Waals surface area contributed by atoms with E-state index in [1.165, 1.54) is 12.8 Å². The molecule has 4 N–H and O–H groups in total. The minimum atomic E-state index is -4.55. The first-order valence-electron chi connectivity index (χ1n) is 6.77. The van der Waals surface area contributed by atoms with Crippen LogP contribution in [-0.4, -0.2) is 29.2 Å². The van der Waals surface area contributed by atoms with Gasteiger partial charge in [0.2, 0.25) is 5.95 Å². The Morgan fingerprint density at radius 3 is 2.62 bits per heavy atom. The Bertz CT molecular complexity index is 463. The van der Waals surface area contributed by atoms with Crippen molar-refractivity contribution in [3.63, 3.8) is 0 Å². The van der Waals surface area contributed by atoms with Gasteiger partial charge < -0.3 is 10.1 Å². The molecule has 2 rings (SSSR count). The van der Waals surface area contributed by atoms with Gasteiger partial charge in [0.15, 0.2) is 5.69 Å². The van der Waals surface area contributed by atoms with Crippen molar-refractivity contribution in [2.75, 3.05) is 23.9 Å². The van der Waals surface area contributed by atoms with Gasteiger partial charge in [0.25, 0.3) is 0 Å². The van der Waals surface area contributed by atoms with Gasteiger partial charge in [-0.05, 0) is 12.8 Å². The second-order valence-corrected chi connectivity index (χ2v) is 4.81. The lowest BCUT2D eigenvalue weighted by Crippen LogP contribution is -2.19. The molecule has 21 heavy (non-hydrogen) atoms. The number of hydrogen-bond acceptors (Lipinski definition) is 6. The molecule has 0 aromatic carbocycles. The number of rotatable bonds is 6. The summed E-state index contributed by atoms with van der Waals surface area (Å²) >= 11 is 0. The molecule has 0 radical (unpaired) electrons. The van der Waals surface area contributed by atoms with Crippen molar-refractivity contribution < 1.29 is 17.9 Å². The summed E-state index contributed by atoms with van der Waals surface area (Å²) in [4.78, 5) is 7.09. The Balaban J connectivity index is 1.89. The summed E-state index contributed by atoms with van der Waals surface area (Å²) in [5, 5.41) is 2.78. The highest BCUT2D eigenvalue weighted by Gasteiger charge is 2.33. The number of nitrogen functional groups attached to an aromatic ring is 1. The first kappa shape index (κ1) is 15.8. The summed E-state index contributed by atoms with van der Waals surface area (Å²) in [6.45, 7) is 0.788. The predicted octanol–water partition coefficient (Wildman–Crippen LogP) is 2.15. The topological polar surface area (TPSA) is 85.1 Å². The van der Waals surface area contributed by atoms with Crippen molar-refractivity contribution in [1.82, 2.24) is 9.97 Å². The maximum atomic E-state index is 12.7. The lowest BCUT2D eigenvalue weighted by Gasteiger charge is -2.13. The fourth-order valence-corrected chi connectivity index (χ4v) is 2.21. The molecule has 0 spiro atoms. The SMILES string of the molecule is NNc1nc(NCCOC2CCCC2)cc(C(F)(F)F)n1. The number of halogens is 3. The van der Waals surface area contributed by atoms with Crippen LogP contribution in [0, 0.1) is 0 Å². The Morgan fingerprint density at radius 1 is 1.29 bits per heavy atom. The van der Waals surface area contributed by atoms with Crippen LogP contribution in [-0.2, 0) is 10.9 Å². The Morgan fingerprint density at radius 2 is 2.00 bits per heavy atom. The molecule has 0 aliphatic heterocycles. The average Bonchev–Trinajstić information content (AvgIpc) is 2.95. The standard InChI is InChI=1S/C12H18F3N5O/c13-12(14,15)9-7-10(19-11(18-9)20-16)17-5-6-21-8-3-1-2-4-8/h7-8H,1-6,16H2,(H2,17,18,19,20). The van der Waals surface area contributed by atoms with Gasteiger partial charge in [0.1, 0.15) is 5.82 Å². The molecule has 9 heteroatoms. The van der Waals surface area contributed by atoms with Crippen LogP contribution in [0.5, 0.6) is 0 Å². The van der Waals surface area contributed by atoms with Gasteiger partial charge in [-0.1, -0.05) is 12.8 Å². The van der Waals surface area contributed by atoms with Crippen molar-refractivity contribution >= 4 is 11.8 Å². The molecule has 0 amide bonds. The molecule has 1 aliphatic rings. The minimum Gasteiger partial charge on any atom is -0.376 e. The monoisotopic (exact) mass is 305 g/mol.